The Bertz CT molecular complexity index is 860. The van der Waals surface area contributed by atoms with E-state index in [0.717, 1.165) is 18.2 Å². The van der Waals surface area contributed by atoms with Crippen molar-refractivity contribution in [2.24, 2.45) is 0 Å². The van der Waals surface area contributed by atoms with E-state index in [-0.39, 0.29) is 17.2 Å². The van der Waals surface area contributed by atoms with Crippen LogP contribution >= 0.6 is 0 Å². The van der Waals surface area contributed by atoms with Gasteiger partial charge in [0.15, 0.2) is 13.2 Å². The summed E-state index contributed by atoms with van der Waals surface area (Å²) in [5.41, 5.74) is 0.802. The van der Waals surface area contributed by atoms with Crippen molar-refractivity contribution >= 4 is 11.7 Å². The number of anilines is 1. The number of halogens is 6. The summed E-state index contributed by atoms with van der Waals surface area (Å²) in [6, 6.07) is 9.55. The second kappa shape index (κ2) is 7.72. The van der Waals surface area contributed by atoms with Crippen LogP contribution in [0.3, 0.4) is 0 Å². The molecule has 0 fully saturated rings. The average Bonchev–Trinajstić information content (AvgIpc) is 2.93. The molecular weight excluding hydrogens is 408 g/mol. The van der Waals surface area contributed by atoms with Crippen LogP contribution in [0.25, 0.3) is 0 Å². The first-order valence-corrected chi connectivity index (χ1v) is 8.11. The van der Waals surface area contributed by atoms with Crippen molar-refractivity contribution in [3.05, 3.63) is 53.6 Å². The van der Waals surface area contributed by atoms with Crippen molar-refractivity contribution in [3.63, 3.8) is 0 Å². The molecule has 0 radical (unpaired) electrons. The van der Waals surface area contributed by atoms with Crippen LogP contribution in [-0.2, 0) is 4.74 Å². The minimum atomic E-state index is -4.64. The van der Waals surface area contributed by atoms with Crippen molar-refractivity contribution in [1.29, 1.82) is 0 Å². The highest BCUT2D eigenvalue weighted by atomic mass is 19.4. The van der Waals surface area contributed by atoms with E-state index in [9.17, 15) is 31.1 Å². The van der Waals surface area contributed by atoms with E-state index < -0.39 is 37.8 Å². The van der Waals surface area contributed by atoms with Gasteiger partial charge >= 0.3 is 18.3 Å². The van der Waals surface area contributed by atoms with Crippen molar-refractivity contribution in [2.75, 3.05) is 18.5 Å². The summed E-state index contributed by atoms with van der Waals surface area (Å²) in [7, 11) is 0. The number of alkyl halides is 6. The number of cyclic esters (lactones) is 1. The van der Waals surface area contributed by atoms with Crippen molar-refractivity contribution in [2.45, 2.75) is 18.6 Å². The van der Waals surface area contributed by atoms with E-state index in [4.69, 9.17) is 4.74 Å². The molecule has 5 nitrogen and oxygen atoms in total. The lowest BCUT2D eigenvalue weighted by atomic mass is 10.1. The fourth-order valence-electron chi connectivity index (χ4n) is 2.56. The Hall–Kier alpha value is -3.11. The Labute approximate surface area is 160 Å². The van der Waals surface area contributed by atoms with Gasteiger partial charge < -0.3 is 19.5 Å². The highest BCUT2D eigenvalue weighted by Crippen LogP contribution is 2.35. The Morgan fingerprint density at radius 1 is 0.897 bits per heavy atom. The molecule has 0 spiro atoms. The number of rotatable bonds is 6. The van der Waals surface area contributed by atoms with Crippen molar-refractivity contribution in [3.8, 4) is 11.5 Å². The maximum Gasteiger partial charge on any atom is 0.422 e. The van der Waals surface area contributed by atoms with Crippen LogP contribution < -0.4 is 14.8 Å². The first kappa shape index (κ1) is 20.6. The molecule has 11 heteroatoms. The molecule has 1 N–H and O–H groups in total. The molecule has 1 atom stereocenters. The molecular formula is C18H13F6NO4. The SMILES string of the molecule is O=C1OC(Nc2cc(OCC(F)(F)F)cc(OCC(F)(F)F)c2)c2ccccc21. The zero-order valence-electron chi connectivity index (χ0n) is 14.4. The summed E-state index contributed by atoms with van der Waals surface area (Å²) in [6.07, 6.45) is -10.3. The number of ether oxygens (including phenoxy) is 3. The fraction of sp³-hybridized carbons (Fsp3) is 0.278. The van der Waals surface area contributed by atoms with E-state index in [1.165, 1.54) is 6.07 Å². The van der Waals surface area contributed by atoms with E-state index in [1.807, 2.05) is 0 Å². The molecule has 1 aliphatic rings. The smallest absolute Gasteiger partial charge is 0.422 e. The third-order valence-electron chi connectivity index (χ3n) is 3.67. The quantitative estimate of drug-likeness (QED) is 0.534. The van der Waals surface area contributed by atoms with Crippen molar-refractivity contribution in [1.82, 2.24) is 0 Å². The minimum Gasteiger partial charge on any atom is -0.484 e. The predicted molar refractivity (Wildman–Crippen MR) is 87.8 cm³/mol. The molecule has 1 aliphatic heterocycles. The second-order valence-electron chi connectivity index (χ2n) is 6.02. The van der Waals surface area contributed by atoms with Crippen LogP contribution in [0.1, 0.15) is 22.1 Å². The first-order chi connectivity index (χ1) is 13.5. The second-order valence-corrected chi connectivity index (χ2v) is 6.02. The molecule has 0 amide bonds. The minimum absolute atomic E-state index is 0.0383. The molecule has 0 saturated heterocycles. The lowest BCUT2D eigenvalue weighted by molar-refractivity contribution is -0.153. The lowest BCUT2D eigenvalue weighted by Crippen LogP contribution is -2.20. The molecule has 1 unspecified atom stereocenters. The summed E-state index contributed by atoms with van der Waals surface area (Å²) in [5.74, 6) is -1.36. The molecule has 0 saturated carbocycles. The molecule has 2 aromatic carbocycles. The number of hydrogen-bond donors (Lipinski definition) is 1. The maximum absolute atomic E-state index is 12.4. The maximum atomic E-state index is 12.4. The van der Waals surface area contributed by atoms with Gasteiger partial charge in [0.2, 0.25) is 6.23 Å². The Morgan fingerprint density at radius 3 is 2.00 bits per heavy atom. The summed E-state index contributed by atoms with van der Waals surface area (Å²) in [5, 5.41) is 2.74. The summed E-state index contributed by atoms with van der Waals surface area (Å²) >= 11 is 0. The molecule has 0 bridgehead atoms. The van der Waals surface area contributed by atoms with E-state index in [1.54, 1.807) is 18.2 Å². The normalized spacial score (nSPS) is 16.2. The fourth-order valence-corrected chi connectivity index (χ4v) is 2.56. The van der Waals surface area contributed by atoms with E-state index >= 15 is 0 Å². The van der Waals surface area contributed by atoms with Crippen LogP contribution in [0, 0.1) is 0 Å². The van der Waals surface area contributed by atoms with Gasteiger partial charge in [0.05, 0.1) is 5.56 Å². The molecule has 156 valence electrons. The zero-order valence-corrected chi connectivity index (χ0v) is 14.4. The van der Waals surface area contributed by atoms with Crippen LogP contribution in [0.4, 0.5) is 32.0 Å². The van der Waals surface area contributed by atoms with Gasteiger partial charge in [-0.3, -0.25) is 0 Å². The van der Waals surface area contributed by atoms with Gasteiger partial charge in [-0.15, -0.1) is 0 Å². The lowest BCUT2D eigenvalue weighted by Gasteiger charge is -2.18. The molecule has 2 aromatic rings. The van der Waals surface area contributed by atoms with Gasteiger partial charge in [-0.1, -0.05) is 18.2 Å². The number of carbonyl (C=O) groups excluding carboxylic acids is 1. The highest BCUT2D eigenvalue weighted by molar-refractivity contribution is 5.94. The van der Waals surface area contributed by atoms with Crippen LogP contribution in [0.5, 0.6) is 11.5 Å². The Balaban J connectivity index is 1.83. The van der Waals surface area contributed by atoms with Gasteiger partial charge in [0, 0.05) is 29.4 Å². The Morgan fingerprint density at radius 2 is 1.45 bits per heavy atom. The van der Waals surface area contributed by atoms with Crippen molar-refractivity contribution < 1.29 is 45.3 Å². The van der Waals surface area contributed by atoms with Crippen LogP contribution in [-0.4, -0.2) is 31.5 Å². The number of benzene rings is 2. The molecule has 0 aromatic heterocycles. The average molecular weight is 421 g/mol. The molecule has 29 heavy (non-hydrogen) atoms. The number of hydrogen-bond acceptors (Lipinski definition) is 5. The summed E-state index contributed by atoms with van der Waals surface area (Å²) in [4.78, 5) is 11.9. The molecule has 0 aliphatic carbocycles. The van der Waals surface area contributed by atoms with Gasteiger partial charge in [-0.2, -0.15) is 26.3 Å². The van der Waals surface area contributed by atoms with Gasteiger partial charge in [-0.25, -0.2) is 4.79 Å². The number of esters is 1. The topological polar surface area (TPSA) is 56.8 Å². The zero-order chi connectivity index (χ0) is 21.2. The number of carbonyl (C=O) groups is 1. The number of nitrogens with one attached hydrogen (secondary N) is 1. The molecule has 1 heterocycles. The number of fused-ring (bicyclic) bond motifs is 1. The monoisotopic (exact) mass is 421 g/mol. The highest BCUT2D eigenvalue weighted by Gasteiger charge is 2.32. The van der Waals surface area contributed by atoms with Gasteiger partial charge in [0.1, 0.15) is 11.5 Å². The van der Waals surface area contributed by atoms with E-state index in [2.05, 4.69) is 14.8 Å². The predicted octanol–water partition coefficient (Wildman–Crippen LogP) is 4.85. The third-order valence-corrected chi connectivity index (χ3v) is 3.67. The van der Waals surface area contributed by atoms with Gasteiger partial charge in [-0.05, 0) is 6.07 Å². The Kier molecular flexibility index (Phi) is 5.49. The van der Waals surface area contributed by atoms with E-state index in [0.29, 0.717) is 11.1 Å². The van der Waals surface area contributed by atoms with Crippen LogP contribution in [0.2, 0.25) is 0 Å². The van der Waals surface area contributed by atoms with Gasteiger partial charge in [0.25, 0.3) is 0 Å². The standard InChI is InChI=1S/C18H13F6NO4/c19-17(20,21)8-27-11-5-10(6-12(7-11)28-9-18(22,23)24)25-15-13-3-1-2-4-14(13)16(26)29-15/h1-7,15,25H,8-9H2. The summed E-state index contributed by atoms with van der Waals surface area (Å²) in [6.45, 7) is -3.28. The molecule has 3 rings (SSSR count). The third kappa shape index (κ3) is 5.69. The van der Waals surface area contributed by atoms with Crippen LogP contribution in [0.15, 0.2) is 42.5 Å². The first-order valence-electron chi connectivity index (χ1n) is 8.11. The summed E-state index contributed by atoms with van der Waals surface area (Å²) < 4.78 is 88.8. The largest absolute Gasteiger partial charge is 0.484 e.